The molecule has 0 fully saturated rings. The van der Waals surface area contributed by atoms with Gasteiger partial charge in [-0.15, -0.1) is 0 Å². The molecule has 0 bridgehead atoms. The second kappa shape index (κ2) is 8.53. The highest BCUT2D eigenvalue weighted by molar-refractivity contribution is 6.34. The molecule has 1 heterocycles. The topological polar surface area (TPSA) is 41.9 Å². The maximum absolute atomic E-state index is 13.5. The van der Waals surface area contributed by atoms with Gasteiger partial charge in [-0.05, 0) is 23.8 Å². The van der Waals surface area contributed by atoms with E-state index in [0.717, 1.165) is 16.8 Å². The largest absolute Gasteiger partial charge is 0.390 e. The molecule has 1 aliphatic heterocycles. The summed E-state index contributed by atoms with van der Waals surface area (Å²) in [5.74, 6) is -0.483. The van der Waals surface area contributed by atoms with Gasteiger partial charge in [-0.3, -0.25) is 4.79 Å². The lowest BCUT2D eigenvalue weighted by Crippen LogP contribution is -2.39. The first-order valence-corrected chi connectivity index (χ1v) is 9.32. The fraction of sp³-hybridized carbons (Fsp3) is 0.333. The summed E-state index contributed by atoms with van der Waals surface area (Å²) in [5, 5.41) is 4.78. The van der Waals surface area contributed by atoms with Crippen LogP contribution in [0.5, 0.6) is 0 Å². The molecule has 2 aromatic rings. The van der Waals surface area contributed by atoms with E-state index in [9.17, 15) is 9.18 Å². The lowest BCUT2D eigenvalue weighted by Gasteiger charge is -2.26. The van der Waals surface area contributed by atoms with Crippen LogP contribution in [0.3, 0.4) is 0 Å². The lowest BCUT2D eigenvalue weighted by atomic mass is 10.0. The fourth-order valence-electron chi connectivity index (χ4n) is 3.08. The fourth-order valence-corrected chi connectivity index (χ4v) is 3.32. The monoisotopic (exact) mass is 388 g/mol. The van der Waals surface area contributed by atoms with Gasteiger partial charge in [-0.2, -0.15) is 0 Å². The van der Waals surface area contributed by atoms with E-state index < -0.39 is 0 Å². The molecule has 0 unspecified atom stereocenters. The van der Waals surface area contributed by atoms with Gasteiger partial charge in [0.1, 0.15) is 5.82 Å². The van der Waals surface area contributed by atoms with Crippen molar-refractivity contribution in [3.05, 3.63) is 70.5 Å². The quantitative estimate of drug-likeness (QED) is 0.722. The van der Waals surface area contributed by atoms with Crippen molar-refractivity contribution in [2.24, 2.45) is 11.1 Å². The van der Waals surface area contributed by atoms with Crippen LogP contribution in [0.25, 0.3) is 0 Å². The Morgan fingerprint density at radius 3 is 2.78 bits per heavy atom. The van der Waals surface area contributed by atoms with E-state index in [4.69, 9.17) is 16.4 Å². The van der Waals surface area contributed by atoms with E-state index in [1.807, 2.05) is 44.2 Å². The van der Waals surface area contributed by atoms with Crippen molar-refractivity contribution >= 4 is 23.2 Å². The Labute approximate surface area is 163 Å². The van der Waals surface area contributed by atoms with Crippen molar-refractivity contribution in [2.75, 3.05) is 6.54 Å². The van der Waals surface area contributed by atoms with Crippen molar-refractivity contribution in [2.45, 2.75) is 32.9 Å². The van der Waals surface area contributed by atoms with Crippen molar-refractivity contribution in [1.29, 1.82) is 0 Å². The summed E-state index contributed by atoms with van der Waals surface area (Å²) in [4.78, 5) is 19.9. The zero-order valence-electron chi connectivity index (χ0n) is 15.4. The predicted octanol–water partition coefficient (Wildman–Crippen LogP) is 4.66. The smallest absolute Gasteiger partial charge is 0.225 e. The number of hydrogen-bond acceptors (Lipinski definition) is 3. The standard InChI is InChI=1S/C21H22ClFN2O2/c1-14(2)21(26)25(12-15-6-5-7-16(23)10-15)13-17-11-20(24-27-17)18-8-3-4-9-19(18)22/h3-10,14,17H,11-13H2,1-2H3/t17-/m0/s1. The van der Waals surface area contributed by atoms with Crippen LogP contribution in [-0.4, -0.2) is 29.2 Å². The summed E-state index contributed by atoms with van der Waals surface area (Å²) in [5.41, 5.74) is 2.36. The third-order valence-corrected chi connectivity index (χ3v) is 4.74. The zero-order chi connectivity index (χ0) is 19.4. The van der Waals surface area contributed by atoms with Crippen molar-refractivity contribution in [1.82, 2.24) is 4.90 Å². The first kappa shape index (κ1) is 19.4. The summed E-state index contributed by atoms with van der Waals surface area (Å²) in [6.45, 7) is 4.41. The van der Waals surface area contributed by atoms with Gasteiger partial charge < -0.3 is 9.74 Å². The summed E-state index contributed by atoms with van der Waals surface area (Å²) in [6, 6.07) is 13.8. The van der Waals surface area contributed by atoms with Gasteiger partial charge >= 0.3 is 0 Å². The Kier molecular flexibility index (Phi) is 6.11. The van der Waals surface area contributed by atoms with Crippen LogP contribution in [0.15, 0.2) is 53.7 Å². The highest BCUT2D eigenvalue weighted by Crippen LogP contribution is 2.24. The SMILES string of the molecule is CC(C)C(=O)N(Cc1cccc(F)c1)C[C@@H]1CC(c2ccccc2Cl)=NO1. The molecule has 142 valence electrons. The van der Waals surface area contributed by atoms with Gasteiger partial charge in [0.2, 0.25) is 5.91 Å². The Morgan fingerprint density at radius 2 is 2.07 bits per heavy atom. The van der Waals surface area contributed by atoms with Crippen molar-refractivity contribution < 1.29 is 14.0 Å². The molecule has 2 aromatic carbocycles. The molecule has 0 radical (unpaired) electrons. The van der Waals surface area contributed by atoms with Gasteiger partial charge in [0.15, 0.2) is 6.10 Å². The van der Waals surface area contributed by atoms with E-state index in [1.54, 1.807) is 11.0 Å². The lowest BCUT2D eigenvalue weighted by molar-refractivity contribution is -0.137. The predicted molar refractivity (Wildman–Crippen MR) is 104 cm³/mol. The molecule has 0 aromatic heterocycles. The second-order valence-corrected chi connectivity index (χ2v) is 7.36. The minimum atomic E-state index is -0.314. The molecule has 1 aliphatic rings. The Balaban J connectivity index is 1.70. The Hall–Kier alpha value is -2.40. The van der Waals surface area contributed by atoms with E-state index in [0.29, 0.717) is 24.5 Å². The average Bonchev–Trinajstić information content (AvgIpc) is 3.09. The van der Waals surface area contributed by atoms with Gasteiger partial charge in [-0.1, -0.05) is 60.9 Å². The molecule has 6 heteroatoms. The molecule has 0 aliphatic carbocycles. The van der Waals surface area contributed by atoms with E-state index in [2.05, 4.69) is 5.16 Å². The van der Waals surface area contributed by atoms with Gasteiger partial charge in [0.05, 0.1) is 12.3 Å². The normalized spacial score (nSPS) is 16.2. The number of oxime groups is 1. The minimum Gasteiger partial charge on any atom is -0.390 e. The average molecular weight is 389 g/mol. The number of carbonyl (C=O) groups excluding carboxylic acids is 1. The number of nitrogens with zero attached hydrogens (tertiary/aromatic N) is 2. The number of halogens is 2. The minimum absolute atomic E-state index is 0.00550. The molecule has 3 rings (SSSR count). The first-order chi connectivity index (χ1) is 12.9. The highest BCUT2D eigenvalue weighted by Gasteiger charge is 2.28. The molecule has 0 saturated heterocycles. The van der Waals surface area contributed by atoms with Crippen LogP contribution in [0.1, 0.15) is 31.4 Å². The van der Waals surface area contributed by atoms with E-state index in [1.165, 1.54) is 12.1 Å². The van der Waals surface area contributed by atoms with Crippen molar-refractivity contribution in [3.63, 3.8) is 0 Å². The van der Waals surface area contributed by atoms with E-state index in [-0.39, 0.29) is 23.7 Å². The molecule has 1 amide bonds. The highest BCUT2D eigenvalue weighted by atomic mass is 35.5. The molecule has 27 heavy (non-hydrogen) atoms. The van der Waals surface area contributed by atoms with Gasteiger partial charge in [0, 0.05) is 29.5 Å². The van der Waals surface area contributed by atoms with Crippen LogP contribution < -0.4 is 0 Å². The summed E-state index contributed by atoms with van der Waals surface area (Å²) >= 11 is 6.24. The number of hydrogen-bond donors (Lipinski definition) is 0. The van der Waals surface area contributed by atoms with Crippen molar-refractivity contribution in [3.8, 4) is 0 Å². The molecular weight excluding hydrogens is 367 g/mol. The second-order valence-electron chi connectivity index (χ2n) is 6.95. The first-order valence-electron chi connectivity index (χ1n) is 8.95. The third-order valence-electron chi connectivity index (χ3n) is 4.41. The van der Waals surface area contributed by atoms with Crippen LogP contribution >= 0.6 is 11.6 Å². The molecule has 0 N–H and O–H groups in total. The van der Waals surface area contributed by atoms with Crippen LogP contribution in [0.4, 0.5) is 4.39 Å². The van der Waals surface area contributed by atoms with Crippen LogP contribution in [0.2, 0.25) is 5.02 Å². The molecule has 4 nitrogen and oxygen atoms in total. The summed E-state index contributed by atoms with van der Waals surface area (Å²) in [6.07, 6.45) is 0.307. The summed E-state index contributed by atoms with van der Waals surface area (Å²) < 4.78 is 13.5. The number of carbonyl (C=O) groups is 1. The molecule has 1 atom stereocenters. The maximum Gasteiger partial charge on any atom is 0.225 e. The van der Waals surface area contributed by atoms with E-state index >= 15 is 0 Å². The van der Waals surface area contributed by atoms with Crippen LogP contribution in [0, 0.1) is 11.7 Å². The van der Waals surface area contributed by atoms with Gasteiger partial charge in [0.25, 0.3) is 0 Å². The zero-order valence-corrected chi connectivity index (χ0v) is 16.1. The van der Waals surface area contributed by atoms with Gasteiger partial charge in [-0.25, -0.2) is 4.39 Å². The number of amides is 1. The maximum atomic E-state index is 13.5. The molecular formula is C21H22ClFN2O2. The number of benzene rings is 2. The Bertz CT molecular complexity index is 854. The third kappa shape index (κ3) is 4.86. The Morgan fingerprint density at radius 1 is 1.30 bits per heavy atom. The van der Waals surface area contributed by atoms with Crippen LogP contribution in [-0.2, 0) is 16.2 Å². The number of rotatable bonds is 6. The summed E-state index contributed by atoms with van der Waals surface area (Å²) in [7, 11) is 0. The molecule has 0 spiro atoms. The molecule has 0 saturated carbocycles.